The molecule has 0 aliphatic carbocycles. The van der Waals surface area contributed by atoms with Crippen LogP contribution in [0.25, 0.3) is 0 Å². The molecule has 0 radical (unpaired) electrons. The Kier molecular flexibility index (Phi) is 10.4. The predicted molar refractivity (Wildman–Crippen MR) is 165 cm³/mol. The maximum Gasteiger partial charge on any atom is 0.405 e. The molecule has 3 saturated heterocycles. The fraction of sp³-hybridized carbons (Fsp3) is 0.562. The van der Waals surface area contributed by atoms with E-state index in [4.69, 9.17) is 4.74 Å². The number of nitrogens with zero attached hydrogens (tertiary/aromatic N) is 1. The Labute approximate surface area is 263 Å². The molecule has 3 aliphatic heterocycles. The Balaban J connectivity index is 1.41. The predicted octanol–water partition coefficient (Wildman–Crippen LogP) is 4.23. The molecular formula is C32H42F2N4O6S. The number of halogens is 2. The summed E-state index contributed by atoms with van der Waals surface area (Å²) in [5.41, 5.74) is 0.989. The first-order valence-electron chi connectivity index (χ1n) is 15.6. The Bertz CT molecular complexity index is 1470. The largest absolute Gasteiger partial charge is 0.465 e. The van der Waals surface area contributed by atoms with Gasteiger partial charge in [-0.2, -0.15) is 4.31 Å². The SMILES string of the molecule is C[C@@H]1CC([C@H](c2ccc(F)cc2)[C@H](NC(=O)O)C(=O)Nc2cccc(F)c2CC[C@H]2CN[C@@H]3CCCS(=O)(=O)N2C3)C[C@@H](C)O1. The summed E-state index contributed by atoms with van der Waals surface area (Å²) in [7, 11) is -3.43. The van der Waals surface area contributed by atoms with Crippen molar-refractivity contribution in [1.29, 1.82) is 0 Å². The third-order valence-corrected chi connectivity index (χ3v) is 11.2. The van der Waals surface area contributed by atoms with Crippen molar-refractivity contribution >= 4 is 27.7 Å². The number of benzene rings is 2. The smallest absolute Gasteiger partial charge is 0.405 e. The van der Waals surface area contributed by atoms with Crippen molar-refractivity contribution < 1.29 is 36.6 Å². The Morgan fingerprint density at radius 3 is 2.51 bits per heavy atom. The number of anilines is 1. The van der Waals surface area contributed by atoms with Gasteiger partial charge >= 0.3 is 6.09 Å². The van der Waals surface area contributed by atoms with Crippen LogP contribution in [0.1, 0.15) is 63.0 Å². The molecule has 10 nitrogen and oxygen atoms in total. The van der Waals surface area contributed by atoms with E-state index in [1.165, 1.54) is 28.6 Å². The van der Waals surface area contributed by atoms with Crippen LogP contribution in [-0.4, -0.2) is 79.0 Å². The Morgan fingerprint density at radius 1 is 1.11 bits per heavy atom. The van der Waals surface area contributed by atoms with Crippen LogP contribution in [0.5, 0.6) is 0 Å². The Hall–Kier alpha value is -3.13. The van der Waals surface area contributed by atoms with Crippen LogP contribution in [-0.2, 0) is 26.0 Å². The molecule has 3 heterocycles. The minimum atomic E-state index is -3.43. The number of amides is 2. The van der Waals surface area contributed by atoms with Crippen molar-refractivity contribution in [3.05, 3.63) is 65.2 Å². The number of nitrogens with one attached hydrogen (secondary N) is 3. The van der Waals surface area contributed by atoms with E-state index in [1.807, 2.05) is 13.8 Å². The van der Waals surface area contributed by atoms with Gasteiger partial charge in [-0.15, -0.1) is 0 Å². The fourth-order valence-corrected chi connectivity index (χ4v) is 9.13. The van der Waals surface area contributed by atoms with Gasteiger partial charge in [0.2, 0.25) is 15.9 Å². The van der Waals surface area contributed by atoms with Crippen molar-refractivity contribution in [3.63, 3.8) is 0 Å². The van der Waals surface area contributed by atoms with Gasteiger partial charge in [-0.05, 0) is 88.1 Å². The normalized spacial score (nSPS) is 29.2. The quantitative estimate of drug-likeness (QED) is 0.320. The molecular weight excluding hydrogens is 606 g/mol. The average Bonchev–Trinajstić information content (AvgIpc) is 3.08. The molecule has 45 heavy (non-hydrogen) atoms. The number of sulfonamides is 1. The summed E-state index contributed by atoms with van der Waals surface area (Å²) >= 11 is 0. The molecule has 2 aromatic rings. The number of rotatable bonds is 9. The van der Waals surface area contributed by atoms with Crippen molar-refractivity contribution in [3.8, 4) is 0 Å². The lowest BCUT2D eigenvalue weighted by atomic mass is 9.74. The lowest BCUT2D eigenvalue weighted by molar-refractivity contribution is -0.120. The monoisotopic (exact) mass is 648 g/mol. The van der Waals surface area contributed by atoms with E-state index in [-0.39, 0.29) is 53.6 Å². The van der Waals surface area contributed by atoms with Gasteiger partial charge in [0, 0.05) is 42.3 Å². The summed E-state index contributed by atoms with van der Waals surface area (Å²) < 4.78 is 62.5. The number of fused-ring (bicyclic) bond motifs is 2. The molecule has 3 aliphatic rings. The van der Waals surface area contributed by atoms with Crippen LogP contribution < -0.4 is 16.0 Å². The second-order valence-electron chi connectivity index (χ2n) is 12.6. The van der Waals surface area contributed by atoms with E-state index in [0.29, 0.717) is 44.3 Å². The van der Waals surface area contributed by atoms with Crippen LogP contribution in [0.3, 0.4) is 0 Å². The zero-order chi connectivity index (χ0) is 32.3. The third kappa shape index (κ3) is 8.00. The molecule has 2 bridgehead atoms. The van der Waals surface area contributed by atoms with Gasteiger partial charge in [-0.1, -0.05) is 18.2 Å². The molecule has 13 heteroatoms. The summed E-state index contributed by atoms with van der Waals surface area (Å²) in [6, 6.07) is 8.41. The summed E-state index contributed by atoms with van der Waals surface area (Å²) in [6.45, 7) is 4.67. The second-order valence-corrected chi connectivity index (χ2v) is 14.6. The van der Waals surface area contributed by atoms with E-state index < -0.39 is 45.6 Å². The standard InChI is InChI=1S/C32H42F2N4O6S/c1-19-15-22(16-20(2)44-19)29(21-8-10-23(33)11-9-21)30(37-32(40)41)31(39)36-28-7-3-6-27(34)26(28)13-12-25-17-35-24-5-4-14-45(42,43)38(25)18-24/h3,6-11,19-20,22,24-25,29-30,35,37H,4-5,12-18H2,1-2H3,(H,36,39)(H,40,41)/t19-,20-,24-,25+,29+,30+/m1/s1. The van der Waals surface area contributed by atoms with Gasteiger partial charge in [-0.25, -0.2) is 22.0 Å². The first kappa shape index (κ1) is 33.2. The minimum Gasteiger partial charge on any atom is -0.465 e. The summed E-state index contributed by atoms with van der Waals surface area (Å²) in [4.78, 5) is 26.0. The molecule has 0 aromatic heterocycles. The molecule has 4 N–H and O–H groups in total. The molecule has 7 atom stereocenters. The number of ether oxygens (including phenoxy) is 1. The zero-order valence-corrected chi connectivity index (χ0v) is 26.4. The molecule has 5 rings (SSSR count). The number of piperazine rings is 1. The number of carbonyl (C=O) groups is 2. The van der Waals surface area contributed by atoms with Gasteiger partial charge < -0.3 is 25.8 Å². The van der Waals surface area contributed by atoms with Crippen LogP contribution in [0, 0.1) is 17.6 Å². The molecule has 2 aromatic carbocycles. The molecule has 246 valence electrons. The highest BCUT2D eigenvalue weighted by Crippen LogP contribution is 2.39. The van der Waals surface area contributed by atoms with Crippen molar-refractivity contribution in [2.24, 2.45) is 5.92 Å². The van der Waals surface area contributed by atoms with Gasteiger partial charge in [-0.3, -0.25) is 4.79 Å². The lowest BCUT2D eigenvalue weighted by Crippen LogP contribution is -2.57. The summed E-state index contributed by atoms with van der Waals surface area (Å²) in [6.07, 6.45) is 1.28. The van der Waals surface area contributed by atoms with Gasteiger partial charge in [0.1, 0.15) is 17.7 Å². The first-order chi connectivity index (χ1) is 21.4. The van der Waals surface area contributed by atoms with Gasteiger partial charge in [0.05, 0.1) is 18.0 Å². The van der Waals surface area contributed by atoms with Crippen molar-refractivity contribution in [2.75, 3.05) is 24.2 Å². The number of carbonyl (C=O) groups excluding carboxylic acids is 1. The van der Waals surface area contributed by atoms with Crippen LogP contribution in [0.2, 0.25) is 0 Å². The highest BCUT2D eigenvalue weighted by molar-refractivity contribution is 7.89. The van der Waals surface area contributed by atoms with Gasteiger partial charge in [0.25, 0.3) is 0 Å². The first-order valence-corrected chi connectivity index (χ1v) is 17.2. The summed E-state index contributed by atoms with van der Waals surface area (Å²) in [5.74, 6) is -2.45. The maximum atomic E-state index is 15.3. The minimum absolute atomic E-state index is 0.0839. The van der Waals surface area contributed by atoms with Crippen LogP contribution in [0.4, 0.5) is 19.3 Å². The van der Waals surface area contributed by atoms with E-state index in [9.17, 15) is 27.5 Å². The maximum absolute atomic E-state index is 15.3. The molecule has 3 fully saturated rings. The number of carboxylic acid groups (broad SMARTS) is 1. The molecule has 0 spiro atoms. The number of hydrogen-bond donors (Lipinski definition) is 4. The van der Waals surface area contributed by atoms with Crippen molar-refractivity contribution in [2.45, 2.75) is 88.6 Å². The fourth-order valence-electron chi connectivity index (χ4n) is 7.32. The van der Waals surface area contributed by atoms with Crippen molar-refractivity contribution in [1.82, 2.24) is 14.9 Å². The highest BCUT2D eigenvalue weighted by Gasteiger charge is 2.41. The second kappa shape index (κ2) is 14.1. The third-order valence-electron chi connectivity index (χ3n) is 9.28. The molecule has 1 unspecified atom stereocenters. The van der Waals surface area contributed by atoms with Gasteiger partial charge in [0.15, 0.2) is 0 Å². The zero-order valence-electron chi connectivity index (χ0n) is 25.5. The lowest BCUT2D eigenvalue weighted by Gasteiger charge is -2.40. The van der Waals surface area contributed by atoms with E-state index in [2.05, 4.69) is 16.0 Å². The van der Waals surface area contributed by atoms with Crippen LogP contribution >= 0.6 is 0 Å². The topological polar surface area (TPSA) is 137 Å². The molecule has 2 amide bonds. The number of hydrogen-bond acceptors (Lipinski definition) is 6. The average molecular weight is 649 g/mol. The summed E-state index contributed by atoms with van der Waals surface area (Å²) in [5, 5.41) is 18.4. The highest BCUT2D eigenvalue weighted by atomic mass is 32.2. The van der Waals surface area contributed by atoms with Crippen LogP contribution in [0.15, 0.2) is 42.5 Å². The Morgan fingerprint density at radius 2 is 1.82 bits per heavy atom. The van der Waals surface area contributed by atoms with E-state index in [1.54, 1.807) is 18.2 Å². The van der Waals surface area contributed by atoms with E-state index >= 15 is 4.39 Å². The molecule has 0 saturated carbocycles. The van der Waals surface area contributed by atoms with E-state index in [0.717, 1.165) is 6.42 Å².